The number of hydrogen-bond donors (Lipinski definition) is 1. The molecule has 6 nitrogen and oxygen atoms in total. The van der Waals surface area contributed by atoms with Crippen molar-refractivity contribution < 1.29 is 14.3 Å². The molecule has 2 fully saturated rings. The summed E-state index contributed by atoms with van der Waals surface area (Å²) < 4.78 is 12.1. The minimum atomic E-state index is -0.430. The lowest BCUT2D eigenvalue weighted by atomic mass is 9.79. The summed E-state index contributed by atoms with van der Waals surface area (Å²) in [6.07, 6.45) is 3.67. The fourth-order valence-corrected chi connectivity index (χ4v) is 4.32. The van der Waals surface area contributed by atoms with Gasteiger partial charge in [0, 0.05) is 42.8 Å². The van der Waals surface area contributed by atoms with Crippen LogP contribution < -0.4 is 4.74 Å². The average Bonchev–Trinajstić information content (AvgIpc) is 3.41. The Kier molecular flexibility index (Phi) is 3.71. The van der Waals surface area contributed by atoms with Crippen LogP contribution in [0.1, 0.15) is 42.5 Å². The predicted molar refractivity (Wildman–Crippen MR) is 101 cm³/mol. The van der Waals surface area contributed by atoms with Gasteiger partial charge in [0.15, 0.2) is 0 Å². The quantitative estimate of drug-likeness (QED) is 0.873. The monoisotopic (exact) mass is 367 g/mol. The molecule has 2 aliphatic heterocycles. The van der Waals surface area contributed by atoms with Crippen molar-refractivity contribution in [3.8, 4) is 17.0 Å². The molecule has 1 aromatic carbocycles. The lowest BCUT2D eigenvalue weighted by molar-refractivity contribution is -0.00639. The second-order valence-electron chi connectivity index (χ2n) is 8.18. The Labute approximate surface area is 158 Å². The zero-order valence-corrected chi connectivity index (χ0v) is 15.9. The Morgan fingerprint density at radius 3 is 2.85 bits per heavy atom. The molecule has 0 unspecified atom stereocenters. The van der Waals surface area contributed by atoms with Crippen LogP contribution in [0.5, 0.6) is 5.75 Å². The predicted octanol–water partition coefficient (Wildman–Crippen LogP) is 3.92. The maximum atomic E-state index is 12.4. The second-order valence-corrected chi connectivity index (χ2v) is 8.18. The first kappa shape index (κ1) is 16.7. The number of rotatable bonds is 2. The van der Waals surface area contributed by atoms with Crippen molar-refractivity contribution in [2.24, 2.45) is 5.92 Å². The van der Waals surface area contributed by atoms with Crippen LogP contribution >= 0.6 is 0 Å². The van der Waals surface area contributed by atoms with Gasteiger partial charge in [-0.2, -0.15) is 5.10 Å². The van der Waals surface area contributed by atoms with E-state index in [-0.39, 0.29) is 6.09 Å². The van der Waals surface area contributed by atoms with E-state index >= 15 is 0 Å². The number of benzene rings is 1. The van der Waals surface area contributed by atoms with Crippen molar-refractivity contribution in [3.05, 3.63) is 35.0 Å². The number of ether oxygens (including phenoxy) is 2. The molecule has 5 rings (SSSR count). The van der Waals surface area contributed by atoms with E-state index in [1.165, 1.54) is 18.4 Å². The van der Waals surface area contributed by atoms with Gasteiger partial charge in [0.05, 0.1) is 6.61 Å². The fraction of sp³-hybridized carbons (Fsp3) is 0.524. The lowest BCUT2D eigenvalue weighted by Crippen LogP contribution is -2.49. The van der Waals surface area contributed by atoms with Gasteiger partial charge in [-0.25, -0.2) is 4.79 Å². The summed E-state index contributed by atoms with van der Waals surface area (Å²) >= 11 is 0. The summed E-state index contributed by atoms with van der Waals surface area (Å²) in [6, 6.07) is 6.26. The van der Waals surface area contributed by atoms with Crippen molar-refractivity contribution in [2.75, 3.05) is 19.7 Å². The summed E-state index contributed by atoms with van der Waals surface area (Å²) in [7, 11) is 0. The minimum absolute atomic E-state index is 0.187. The van der Waals surface area contributed by atoms with Crippen molar-refractivity contribution in [2.45, 2.75) is 45.1 Å². The third-order valence-electron chi connectivity index (χ3n) is 6.07. The summed E-state index contributed by atoms with van der Waals surface area (Å²) in [4.78, 5) is 14.2. The molecule has 3 aliphatic rings. The molecule has 0 bridgehead atoms. The molecular weight excluding hydrogens is 342 g/mol. The van der Waals surface area contributed by atoms with Crippen molar-refractivity contribution in [1.82, 2.24) is 15.1 Å². The molecule has 6 heteroatoms. The zero-order valence-electron chi connectivity index (χ0n) is 15.9. The van der Waals surface area contributed by atoms with Gasteiger partial charge < -0.3 is 14.4 Å². The summed E-state index contributed by atoms with van der Waals surface area (Å²) in [5.41, 5.74) is 4.95. The van der Waals surface area contributed by atoms with E-state index in [9.17, 15) is 4.79 Å². The number of carbonyl (C=O) groups is 1. The molecule has 27 heavy (non-hydrogen) atoms. The Morgan fingerprint density at radius 1 is 1.33 bits per heavy atom. The SMILES string of the molecule is Cc1ccc2c(c1)OC1(CCN(C(=O)OCC3CC3)CC1)c1c-2n[nH]c1C. The third kappa shape index (κ3) is 2.78. The number of fused-ring (bicyclic) bond motifs is 4. The van der Waals surface area contributed by atoms with Crippen LogP contribution in [0, 0.1) is 19.8 Å². The number of likely N-dealkylation sites (tertiary alicyclic amines) is 1. The molecule has 1 aliphatic carbocycles. The molecule has 1 spiro atoms. The molecule has 1 amide bonds. The normalized spacial score (nSPS) is 20.0. The molecule has 142 valence electrons. The van der Waals surface area contributed by atoms with Crippen LogP contribution in [0.3, 0.4) is 0 Å². The van der Waals surface area contributed by atoms with Crippen LogP contribution in [0.25, 0.3) is 11.3 Å². The highest BCUT2D eigenvalue weighted by atomic mass is 16.6. The lowest BCUT2D eigenvalue weighted by Gasteiger charge is -2.44. The van der Waals surface area contributed by atoms with E-state index in [1.54, 1.807) is 0 Å². The molecule has 0 atom stereocenters. The Morgan fingerprint density at radius 2 is 2.11 bits per heavy atom. The van der Waals surface area contributed by atoms with E-state index in [4.69, 9.17) is 9.47 Å². The minimum Gasteiger partial charge on any atom is -0.482 e. The number of aromatic amines is 1. The van der Waals surface area contributed by atoms with Crippen LogP contribution in [0.15, 0.2) is 18.2 Å². The summed E-state index contributed by atoms with van der Waals surface area (Å²) in [6.45, 7) is 5.95. The Hall–Kier alpha value is -2.50. The standard InChI is InChI=1S/C21H25N3O3/c1-13-3-6-16-17(11-13)27-21(18-14(2)22-23-19(16)18)7-9-24(10-8-21)20(25)26-12-15-4-5-15/h3,6,11,15H,4-5,7-10,12H2,1-2H3,(H,22,23). The molecule has 0 radical (unpaired) electrons. The molecule has 2 aromatic rings. The maximum absolute atomic E-state index is 12.4. The highest BCUT2D eigenvalue weighted by molar-refractivity contribution is 5.75. The number of nitrogens with one attached hydrogen (secondary N) is 1. The molecular formula is C21H25N3O3. The summed E-state index contributed by atoms with van der Waals surface area (Å²) in [5, 5.41) is 7.72. The van der Waals surface area contributed by atoms with Gasteiger partial charge in [-0.1, -0.05) is 6.07 Å². The van der Waals surface area contributed by atoms with Gasteiger partial charge >= 0.3 is 6.09 Å². The zero-order chi connectivity index (χ0) is 18.6. The fourth-order valence-electron chi connectivity index (χ4n) is 4.32. The molecule has 1 aromatic heterocycles. The number of piperidine rings is 1. The first-order valence-electron chi connectivity index (χ1n) is 9.83. The van der Waals surface area contributed by atoms with E-state index in [2.05, 4.69) is 35.3 Å². The van der Waals surface area contributed by atoms with Crippen molar-refractivity contribution in [3.63, 3.8) is 0 Å². The Bertz CT molecular complexity index is 892. The molecule has 3 heterocycles. The van der Waals surface area contributed by atoms with Gasteiger partial charge in [-0.05, 0) is 50.3 Å². The van der Waals surface area contributed by atoms with E-state index in [0.29, 0.717) is 25.6 Å². The smallest absolute Gasteiger partial charge is 0.409 e. The number of aryl methyl sites for hydroxylation is 2. The number of H-pyrrole nitrogens is 1. The van der Waals surface area contributed by atoms with Crippen LogP contribution in [-0.2, 0) is 10.3 Å². The molecule has 1 saturated heterocycles. The van der Waals surface area contributed by atoms with Crippen molar-refractivity contribution in [1.29, 1.82) is 0 Å². The van der Waals surface area contributed by atoms with Crippen LogP contribution in [0.4, 0.5) is 4.79 Å². The number of hydrogen-bond acceptors (Lipinski definition) is 4. The molecule has 1 N–H and O–H groups in total. The van der Waals surface area contributed by atoms with E-state index in [1.807, 2.05) is 11.8 Å². The number of aromatic nitrogens is 2. The first-order valence-corrected chi connectivity index (χ1v) is 9.83. The van der Waals surface area contributed by atoms with Gasteiger partial charge in [-0.3, -0.25) is 5.10 Å². The third-order valence-corrected chi connectivity index (χ3v) is 6.07. The number of amides is 1. The highest BCUT2D eigenvalue weighted by Crippen LogP contribution is 2.50. The highest BCUT2D eigenvalue weighted by Gasteiger charge is 2.47. The maximum Gasteiger partial charge on any atom is 0.409 e. The van der Waals surface area contributed by atoms with Crippen molar-refractivity contribution >= 4 is 6.09 Å². The van der Waals surface area contributed by atoms with Gasteiger partial charge in [0.2, 0.25) is 0 Å². The van der Waals surface area contributed by atoms with Crippen LogP contribution in [0.2, 0.25) is 0 Å². The number of carbonyl (C=O) groups excluding carboxylic acids is 1. The van der Waals surface area contributed by atoms with E-state index in [0.717, 1.165) is 41.1 Å². The van der Waals surface area contributed by atoms with Gasteiger partial charge in [-0.15, -0.1) is 0 Å². The molecule has 1 saturated carbocycles. The second kappa shape index (κ2) is 6.01. The van der Waals surface area contributed by atoms with Gasteiger partial charge in [0.25, 0.3) is 0 Å². The topological polar surface area (TPSA) is 67.4 Å². The summed E-state index contributed by atoms with van der Waals surface area (Å²) in [5.74, 6) is 1.47. The van der Waals surface area contributed by atoms with E-state index < -0.39 is 5.60 Å². The average molecular weight is 367 g/mol. The van der Waals surface area contributed by atoms with Gasteiger partial charge in [0.1, 0.15) is 17.0 Å². The first-order chi connectivity index (χ1) is 13.1. The number of nitrogens with zero attached hydrogens (tertiary/aromatic N) is 2. The Balaban J connectivity index is 1.40. The largest absolute Gasteiger partial charge is 0.482 e. The van der Waals surface area contributed by atoms with Crippen LogP contribution in [-0.4, -0.2) is 40.9 Å².